The molecule has 2 heteroatoms. The van der Waals surface area contributed by atoms with Gasteiger partial charge in [0.1, 0.15) is 5.76 Å². The van der Waals surface area contributed by atoms with Crippen LogP contribution in [0.1, 0.15) is 16.7 Å². The summed E-state index contributed by atoms with van der Waals surface area (Å²) in [6.45, 7) is 4.56. The first-order valence-corrected chi connectivity index (χ1v) is 8.55. The zero-order chi connectivity index (χ0) is 17.3. The summed E-state index contributed by atoms with van der Waals surface area (Å²) in [7, 11) is 0. The van der Waals surface area contributed by atoms with Gasteiger partial charge in [-0.3, -0.25) is 4.90 Å². The summed E-state index contributed by atoms with van der Waals surface area (Å²) < 4.78 is 0. The Morgan fingerprint density at radius 1 is 0.760 bits per heavy atom. The van der Waals surface area contributed by atoms with Crippen LogP contribution in [0.3, 0.4) is 0 Å². The lowest BCUT2D eigenvalue weighted by Gasteiger charge is -2.38. The number of aliphatic hydroxyl groups excluding tert-OH is 1. The van der Waals surface area contributed by atoms with Gasteiger partial charge in [-0.05, 0) is 16.7 Å². The maximum absolute atomic E-state index is 10.0. The molecule has 1 aliphatic heterocycles. The summed E-state index contributed by atoms with van der Waals surface area (Å²) >= 11 is 0. The van der Waals surface area contributed by atoms with Crippen molar-refractivity contribution < 1.29 is 5.11 Å². The summed E-state index contributed by atoms with van der Waals surface area (Å²) in [4.78, 5) is 2.31. The van der Waals surface area contributed by atoms with Crippen LogP contribution in [0.5, 0.6) is 0 Å². The molecule has 1 saturated heterocycles. The molecular formula is C23H21NO. The maximum Gasteiger partial charge on any atom is 0.104 e. The molecule has 1 N–H and O–H groups in total. The van der Waals surface area contributed by atoms with Crippen molar-refractivity contribution in [3.63, 3.8) is 0 Å². The molecule has 0 bridgehead atoms. The third-order valence-corrected chi connectivity index (χ3v) is 5.00. The Labute approximate surface area is 148 Å². The summed E-state index contributed by atoms with van der Waals surface area (Å²) in [5.74, 6) is 0.229. The molecule has 0 radical (unpaired) electrons. The number of hydrogen-bond donors (Lipinski definition) is 1. The van der Waals surface area contributed by atoms with Crippen LogP contribution in [0, 0.1) is 0 Å². The molecule has 3 aromatic rings. The maximum atomic E-state index is 10.0. The second-order valence-corrected chi connectivity index (χ2v) is 6.47. The van der Waals surface area contributed by atoms with E-state index in [0.717, 1.165) is 6.54 Å². The summed E-state index contributed by atoms with van der Waals surface area (Å²) in [5, 5.41) is 10.0. The highest BCUT2D eigenvalue weighted by molar-refractivity contribution is 5.51. The molecule has 1 aliphatic rings. The second-order valence-electron chi connectivity index (χ2n) is 6.47. The van der Waals surface area contributed by atoms with Crippen LogP contribution in [0.2, 0.25) is 0 Å². The van der Waals surface area contributed by atoms with Crippen molar-refractivity contribution in [1.82, 2.24) is 4.90 Å². The zero-order valence-corrected chi connectivity index (χ0v) is 14.0. The first-order valence-electron chi connectivity index (χ1n) is 8.55. The highest BCUT2D eigenvalue weighted by Crippen LogP contribution is 2.49. The minimum absolute atomic E-state index is 0.0272. The average molecular weight is 327 g/mol. The molecule has 0 spiro atoms. The van der Waals surface area contributed by atoms with Gasteiger partial charge in [0.05, 0.1) is 11.6 Å². The van der Waals surface area contributed by atoms with Gasteiger partial charge in [-0.15, -0.1) is 0 Å². The molecule has 4 rings (SSSR count). The van der Waals surface area contributed by atoms with E-state index >= 15 is 0 Å². The lowest BCUT2D eigenvalue weighted by atomic mass is 9.76. The van der Waals surface area contributed by atoms with Crippen LogP contribution in [0.15, 0.2) is 103 Å². The molecule has 2 unspecified atom stereocenters. The van der Waals surface area contributed by atoms with Crippen LogP contribution < -0.4 is 0 Å². The smallest absolute Gasteiger partial charge is 0.104 e. The standard InChI is InChI=1S/C23H21NO/c1-18(25)22-17-24(22)23(19-11-5-2-6-12-19,20-13-7-3-8-14-20)21-15-9-4-10-16-21/h2-16,22,25H,1,17H2. The van der Waals surface area contributed by atoms with Gasteiger partial charge in [-0.25, -0.2) is 0 Å². The number of benzene rings is 3. The fraction of sp³-hybridized carbons (Fsp3) is 0.130. The van der Waals surface area contributed by atoms with Gasteiger partial charge >= 0.3 is 0 Å². The Morgan fingerprint density at radius 2 is 1.12 bits per heavy atom. The second kappa shape index (κ2) is 6.23. The van der Waals surface area contributed by atoms with Crippen LogP contribution in [0.4, 0.5) is 0 Å². The molecule has 1 fully saturated rings. The van der Waals surface area contributed by atoms with Gasteiger partial charge in [0, 0.05) is 6.54 Å². The normalized spacial score (nSPS) is 19.4. The molecule has 2 atom stereocenters. The summed E-state index contributed by atoms with van der Waals surface area (Å²) in [6.07, 6.45) is 0. The Hall–Kier alpha value is -2.84. The molecule has 0 aliphatic carbocycles. The predicted molar refractivity (Wildman–Crippen MR) is 101 cm³/mol. The zero-order valence-electron chi connectivity index (χ0n) is 14.0. The van der Waals surface area contributed by atoms with E-state index in [1.807, 2.05) is 18.2 Å². The van der Waals surface area contributed by atoms with E-state index in [1.165, 1.54) is 16.7 Å². The monoisotopic (exact) mass is 327 g/mol. The van der Waals surface area contributed by atoms with E-state index in [-0.39, 0.29) is 11.8 Å². The number of aliphatic hydroxyl groups is 1. The number of rotatable bonds is 5. The Bertz CT molecular complexity index is 762. The summed E-state index contributed by atoms with van der Waals surface area (Å²) in [6, 6.07) is 31.5. The Balaban J connectivity index is 2.01. The van der Waals surface area contributed by atoms with Crippen LogP contribution in [-0.2, 0) is 5.54 Å². The highest BCUT2D eigenvalue weighted by Gasteiger charge is 2.54. The molecule has 0 aromatic heterocycles. The molecule has 1 heterocycles. The van der Waals surface area contributed by atoms with Crippen molar-refractivity contribution >= 4 is 0 Å². The first-order chi connectivity index (χ1) is 12.2. The van der Waals surface area contributed by atoms with Gasteiger partial charge in [-0.2, -0.15) is 0 Å². The van der Waals surface area contributed by atoms with Gasteiger partial charge in [0.15, 0.2) is 0 Å². The lowest BCUT2D eigenvalue weighted by molar-refractivity contribution is 0.294. The lowest BCUT2D eigenvalue weighted by Crippen LogP contribution is -2.39. The minimum Gasteiger partial charge on any atom is -0.511 e. The molecule has 0 saturated carbocycles. The Morgan fingerprint density at radius 3 is 1.40 bits per heavy atom. The highest BCUT2D eigenvalue weighted by atomic mass is 16.3. The van der Waals surface area contributed by atoms with Crippen molar-refractivity contribution in [3.8, 4) is 0 Å². The van der Waals surface area contributed by atoms with Crippen molar-refractivity contribution in [1.29, 1.82) is 0 Å². The Kier molecular flexibility index (Phi) is 3.90. The van der Waals surface area contributed by atoms with Crippen molar-refractivity contribution in [2.24, 2.45) is 0 Å². The van der Waals surface area contributed by atoms with E-state index in [9.17, 15) is 5.11 Å². The van der Waals surface area contributed by atoms with Crippen molar-refractivity contribution in [3.05, 3.63) is 120 Å². The third-order valence-electron chi connectivity index (χ3n) is 5.00. The van der Waals surface area contributed by atoms with Crippen molar-refractivity contribution in [2.45, 2.75) is 11.6 Å². The third kappa shape index (κ3) is 2.55. The molecule has 25 heavy (non-hydrogen) atoms. The summed E-state index contributed by atoms with van der Waals surface area (Å²) in [5.41, 5.74) is 3.13. The molecule has 124 valence electrons. The molecule has 3 aromatic carbocycles. The molecule has 2 nitrogen and oxygen atoms in total. The van der Waals surface area contributed by atoms with Crippen molar-refractivity contribution in [2.75, 3.05) is 6.54 Å². The van der Waals surface area contributed by atoms with Gasteiger partial charge in [0.25, 0.3) is 0 Å². The van der Waals surface area contributed by atoms with E-state index in [2.05, 4.69) is 84.3 Å². The SMILES string of the molecule is C=C(O)C1CN1C(c1ccccc1)(c1ccccc1)c1ccccc1. The van der Waals surface area contributed by atoms with Crippen LogP contribution >= 0.6 is 0 Å². The van der Waals surface area contributed by atoms with E-state index in [0.29, 0.717) is 0 Å². The average Bonchev–Trinajstić information content (AvgIpc) is 3.47. The fourth-order valence-corrected chi connectivity index (χ4v) is 3.83. The topological polar surface area (TPSA) is 23.2 Å². The quantitative estimate of drug-likeness (QED) is 0.416. The molecular weight excluding hydrogens is 306 g/mol. The fourth-order valence-electron chi connectivity index (χ4n) is 3.83. The molecule has 0 amide bonds. The van der Waals surface area contributed by atoms with E-state index in [4.69, 9.17) is 0 Å². The van der Waals surface area contributed by atoms with Crippen LogP contribution in [-0.4, -0.2) is 22.6 Å². The van der Waals surface area contributed by atoms with E-state index < -0.39 is 5.54 Å². The number of hydrogen-bond acceptors (Lipinski definition) is 2. The largest absolute Gasteiger partial charge is 0.511 e. The van der Waals surface area contributed by atoms with Crippen LogP contribution in [0.25, 0.3) is 0 Å². The number of nitrogens with zero attached hydrogens (tertiary/aromatic N) is 1. The first kappa shape index (κ1) is 15.7. The van der Waals surface area contributed by atoms with Gasteiger partial charge in [0.2, 0.25) is 0 Å². The predicted octanol–water partition coefficient (Wildman–Crippen LogP) is 4.73. The van der Waals surface area contributed by atoms with E-state index in [1.54, 1.807) is 0 Å². The van der Waals surface area contributed by atoms with Gasteiger partial charge < -0.3 is 5.11 Å². The minimum atomic E-state index is -0.444. The van der Waals surface area contributed by atoms with Gasteiger partial charge in [-0.1, -0.05) is 97.6 Å².